The quantitative estimate of drug-likeness (QED) is 0.631. The van der Waals surface area contributed by atoms with Crippen LogP contribution in [0.1, 0.15) is 6.42 Å². The standard InChI is InChI=1S/C21H19NO5S/c1-26-21(23)13-17-14-27-20-9-5-4-8-19(20)22(17)28(24,25)18-11-10-15-6-2-3-7-16(15)12-18/h2-12,17H,13-14H2,1H3/t17-/m1/s1. The minimum Gasteiger partial charge on any atom is -0.489 e. The van der Waals surface area contributed by atoms with E-state index in [1.54, 1.807) is 42.5 Å². The molecule has 1 atom stereocenters. The summed E-state index contributed by atoms with van der Waals surface area (Å²) in [5, 5.41) is 1.78. The van der Waals surface area contributed by atoms with Crippen molar-refractivity contribution in [3.63, 3.8) is 0 Å². The van der Waals surface area contributed by atoms with E-state index in [1.165, 1.54) is 11.4 Å². The van der Waals surface area contributed by atoms with Crippen LogP contribution in [0.15, 0.2) is 71.6 Å². The number of hydrogen-bond acceptors (Lipinski definition) is 5. The van der Waals surface area contributed by atoms with Gasteiger partial charge in [-0.2, -0.15) is 0 Å². The molecule has 0 amide bonds. The van der Waals surface area contributed by atoms with Crippen molar-refractivity contribution in [1.29, 1.82) is 0 Å². The second-order valence-corrected chi connectivity index (χ2v) is 8.34. The summed E-state index contributed by atoms with van der Waals surface area (Å²) in [5.41, 5.74) is 0.413. The van der Waals surface area contributed by atoms with Crippen molar-refractivity contribution in [1.82, 2.24) is 0 Å². The number of rotatable bonds is 4. The molecule has 0 aromatic heterocycles. The summed E-state index contributed by atoms with van der Waals surface area (Å²) in [6.07, 6.45) is -0.0996. The lowest BCUT2D eigenvalue weighted by molar-refractivity contribution is -0.141. The first-order valence-electron chi connectivity index (χ1n) is 8.82. The summed E-state index contributed by atoms with van der Waals surface area (Å²) in [6, 6.07) is 18.8. The van der Waals surface area contributed by atoms with Crippen molar-refractivity contribution >= 4 is 32.5 Å². The third-order valence-corrected chi connectivity index (χ3v) is 6.64. The van der Waals surface area contributed by atoms with E-state index >= 15 is 0 Å². The maximum Gasteiger partial charge on any atom is 0.307 e. The Labute approximate surface area is 163 Å². The van der Waals surface area contributed by atoms with Gasteiger partial charge in [-0.15, -0.1) is 0 Å². The molecule has 0 fully saturated rings. The lowest BCUT2D eigenvalue weighted by atomic mass is 10.1. The van der Waals surface area contributed by atoms with Gasteiger partial charge in [0.1, 0.15) is 12.4 Å². The molecule has 0 spiro atoms. The molecule has 1 aliphatic heterocycles. The maximum atomic E-state index is 13.6. The minimum absolute atomic E-state index is 0.0684. The topological polar surface area (TPSA) is 72.9 Å². The highest BCUT2D eigenvalue weighted by Crippen LogP contribution is 2.38. The number of hydrogen-bond donors (Lipinski definition) is 0. The van der Waals surface area contributed by atoms with Crippen LogP contribution in [-0.2, 0) is 19.6 Å². The summed E-state index contributed by atoms with van der Waals surface area (Å²) in [5.74, 6) is -0.0281. The van der Waals surface area contributed by atoms with Crippen molar-refractivity contribution in [2.75, 3.05) is 18.0 Å². The van der Waals surface area contributed by atoms with E-state index in [-0.39, 0.29) is 17.9 Å². The Morgan fingerprint density at radius 1 is 1.07 bits per heavy atom. The molecular weight excluding hydrogens is 378 g/mol. The van der Waals surface area contributed by atoms with Gasteiger partial charge < -0.3 is 9.47 Å². The molecule has 28 heavy (non-hydrogen) atoms. The van der Waals surface area contributed by atoms with E-state index in [2.05, 4.69) is 0 Å². The zero-order valence-corrected chi connectivity index (χ0v) is 16.1. The molecule has 0 N–H and O–H groups in total. The average molecular weight is 397 g/mol. The number of para-hydroxylation sites is 2. The minimum atomic E-state index is -3.92. The Hall–Kier alpha value is -3.06. The van der Waals surface area contributed by atoms with Gasteiger partial charge in [-0.1, -0.05) is 42.5 Å². The average Bonchev–Trinajstić information content (AvgIpc) is 2.72. The molecule has 7 heteroatoms. The molecular formula is C21H19NO5S. The van der Waals surface area contributed by atoms with Crippen LogP contribution >= 0.6 is 0 Å². The van der Waals surface area contributed by atoms with Gasteiger partial charge in [0.05, 0.1) is 30.2 Å². The van der Waals surface area contributed by atoms with Crippen LogP contribution in [0.4, 0.5) is 5.69 Å². The molecule has 6 nitrogen and oxygen atoms in total. The third kappa shape index (κ3) is 3.18. The number of carbonyl (C=O) groups is 1. The number of esters is 1. The highest BCUT2D eigenvalue weighted by Gasteiger charge is 2.38. The molecule has 0 aliphatic carbocycles. The number of anilines is 1. The SMILES string of the molecule is COC(=O)C[C@@H]1COc2ccccc2N1S(=O)(=O)c1ccc2ccccc2c1. The van der Waals surface area contributed by atoms with Crippen LogP contribution in [0.25, 0.3) is 10.8 Å². The van der Waals surface area contributed by atoms with Crippen LogP contribution in [0.2, 0.25) is 0 Å². The highest BCUT2D eigenvalue weighted by molar-refractivity contribution is 7.92. The Bertz CT molecular complexity index is 1140. The monoisotopic (exact) mass is 397 g/mol. The van der Waals surface area contributed by atoms with Crippen LogP contribution in [0, 0.1) is 0 Å². The Morgan fingerprint density at radius 3 is 2.57 bits per heavy atom. The van der Waals surface area contributed by atoms with E-state index in [9.17, 15) is 13.2 Å². The number of nitrogens with zero attached hydrogens (tertiary/aromatic N) is 1. The lowest BCUT2D eigenvalue weighted by Gasteiger charge is -2.37. The molecule has 0 saturated heterocycles. The van der Waals surface area contributed by atoms with Crippen molar-refractivity contribution < 1.29 is 22.7 Å². The van der Waals surface area contributed by atoms with Gasteiger partial charge >= 0.3 is 5.97 Å². The van der Waals surface area contributed by atoms with Crippen molar-refractivity contribution in [2.45, 2.75) is 17.4 Å². The predicted molar refractivity (Wildman–Crippen MR) is 106 cm³/mol. The fourth-order valence-electron chi connectivity index (χ4n) is 3.40. The summed E-state index contributed by atoms with van der Waals surface area (Å²) in [4.78, 5) is 12.0. The Balaban J connectivity index is 1.84. The van der Waals surface area contributed by atoms with Crippen LogP contribution < -0.4 is 9.04 Å². The van der Waals surface area contributed by atoms with E-state index in [1.807, 2.05) is 24.3 Å². The predicted octanol–water partition coefficient (Wildman–Crippen LogP) is 3.36. The van der Waals surface area contributed by atoms with Gasteiger partial charge in [-0.25, -0.2) is 8.42 Å². The Morgan fingerprint density at radius 2 is 1.79 bits per heavy atom. The van der Waals surface area contributed by atoms with Crippen LogP contribution in [0.3, 0.4) is 0 Å². The molecule has 0 bridgehead atoms. The molecule has 0 saturated carbocycles. The fourth-order valence-corrected chi connectivity index (χ4v) is 5.08. The zero-order valence-electron chi connectivity index (χ0n) is 15.2. The summed E-state index contributed by atoms with van der Waals surface area (Å²) < 4.78 is 38.9. The van der Waals surface area contributed by atoms with Crippen LogP contribution in [0.5, 0.6) is 5.75 Å². The molecule has 3 aromatic rings. The van der Waals surface area contributed by atoms with Gasteiger partial charge in [-0.3, -0.25) is 9.10 Å². The fraction of sp³-hybridized carbons (Fsp3) is 0.190. The van der Waals surface area contributed by atoms with Gasteiger partial charge in [0.2, 0.25) is 0 Å². The van der Waals surface area contributed by atoms with Crippen LogP contribution in [-0.4, -0.2) is 34.1 Å². The molecule has 1 aliphatic rings. The molecule has 0 radical (unpaired) electrons. The molecule has 1 heterocycles. The number of fused-ring (bicyclic) bond motifs is 2. The Kier molecular flexibility index (Phi) is 4.68. The van der Waals surface area contributed by atoms with Crippen molar-refractivity contribution in [3.8, 4) is 5.75 Å². The smallest absolute Gasteiger partial charge is 0.307 e. The number of sulfonamides is 1. The first kappa shape index (κ1) is 18.3. The lowest BCUT2D eigenvalue weighted by Crippen LogP contribution is -2.47. The van der Waals surface area contributed by atoms with Gasteiger partial charge in [0.15, 0.2) is 0 Å². The largest absolute Gasteiger partial charge is 0.489 e. The van der Waals surface area contributed by atoms with Crippen molar-refractivity contribution in [2.24, 2.45) is 0 Å². The van der Waals surface area contributed by atoms with Gasteiger partial charge in [0, 0.05) is 0 Å². The van der Waals surface area contributed by atoms with E-state index < -0.39 is 22.0 Å². The highest BCUT2D eigenvalue weighted by atomic mass is 32.2. The van der Waals surface area contributed by atoms with Gasteiger partial charge in [-0.05, 0) is 35.0 Å². The summed E-state index contributed by atoms with van der Waals surface area (Å²) in [7, 11) is -2.64. The molecule has 4 rings (SSSR count). The molecule has 144 valence electrons. The first-order chi connectivity index (χ1) is 13.5. The molecule has 3 aromatic carbocycles. The number of methoxy groups -OCH3 is 1. The second-order valence-electron chi connectivity index (χ2n) is 6.52. The summed E-state index contributed by atoms with van der Waals surface area (Å²) in [6.45, 7) is 0.0684. The van der Waals surface area contributed by atoms with E-state index in [4.69, 9.17) is 9.47 Å². The van der Waals surface area contributed by atoms with E-state index in [0.29, 0.717) is 11.4 Å². The third-order valence-electron chi connectivity index (χ3n) is 4.77. The zero-order chi connectivity index (χ0) is 19.7. The number of carbonyl (C=O) groups excluding carboxylic acids is 1. The number of benzene rings is 3. The molecule has 0 unspecified atom stereocenters. The maximum absolute atomic E-state index is 13.6. The van der Waals surface area contributed by atoms with E-state index in [0.717, 1.165) is 10.8 Å². The first-order valence-corrected chi connectivity index (χ1v) is 10.3. The normalized spacial score (nSPS) is 16.3. The van der Waals surface area contributed by atoms with Gasteiger partial charge in [0.25, 0.3) is 10.0 Å². The summed E-state index contributed by atoms with van der Waals surface area (Å²) >= 11 is 0. The number of ether oxygens (including phenoxy) is 2. The van der Waals surface area contributed by atoms with Crippen molar-refractivity contribution in [3.05, 3.63) is 66.7 Å². The second kappa shape index (κ2) is 7.16.